The zero-order valence-corrected chi connectivity index (χ0v) is 7.19. The SMILES string of the molecule is O=Cc1ccccc1C1(C=O)CC1. The van der Waals surface area contributed by atoms with Crippen molar-refractivity contribution in [3.05, 3.63) is 35.4 Å². The minimum atomic E-state index is -0.336. The van der Waals surface area contributed by atoms with Crippen molar-refractivity contribution in [1.82, 2.24) is 0 Å². The molecule has 0 bridgehead atoms. The second-order valence-electron chi connectivity index (χ2n) is 3.48. The molecule has 66 valence electrons. The van der Waals surface area contributed by atoms with Gasteiger partial charge in [0, 0.05) is 5.56 Å². The van der Waals surface area contributed by atoms with Crippen LogP contribution in [-0.4, -0.2) is 12.6 Å². The molecule has 1 saturated carbocycles. The third-order valence-corrected chi connectivity index (χ3v) is 2.64. The molecule has 2 heteroatoms. The van der Waals surface area contributed by atoms with E-state index in [1.54, 1.807) is 6.07 Å². The van der Waals surface area contributed by atoms with Crippen molar-refractivity contribution in [2.75, 3.05) is 0 Å². The number of aldehydes is 2. The molecule has 0 aromatic heterocycles. The van der Waals surface area contributed by atoms with Crippen LogP contribution in [-0.2, 0) is 10.2 Å². The Bertz CT molecular complexity index is 351. The Morgan fingerprint density at radius 3 is 2.38 bits per heavy atom. The highest BCUT2D eigenvalue weighted by atomic mass is 16.1. The zero-order valence-electron chi connectivity index (χ0n) is 7.19. The van der Waals surface area contributed by atoms with Crippen molar-refractivity contribution in [3.8, 4) is 0 Å². The summed E-state index contributed by atoms with van der Waals surface area (Å²) in [5, 5.41) is 0. The highest BCUT2D eigenvalue weighted by Gasteiger charge is 2.45. The van der Waals surface area contributed by atoms with Gasteiger partial charge in [0.15, 0.2) is 0 Å². The molecule has 1 aromatic rings. The maximum absolute atomic E-state index is 10.8. The smallest absolute Gasteiger partial charge is 0.150 e. The molecule has 0 spiro atoms. The molecule has 2 rings (SSSR count). The summed E-state index contributed by atoms with van der Waals surface area (Å²) in [5.41, 5.74) is 1.20. The van der Waals surface area contributed by atoms with Crippen LogP contribution < -0.4 is 0 Å². The van der Waals surface area contributed by atoms with Gasteiger partial charge in [0.1, 0.15) is 12.6 Å². The van der Waals surface area contributed by atoms with Gasteiger partial charge in [-0.05, 0) is 18.4 Å². The Morgan fingerprint density at radius 2 is 1.85 bits per heavy atom. The van der Waals surface area contributed by atoms with Crippen LogP contribution in [0.2, 0.25) is 0 Å². The Kier molecular flexibility index (Phi) is 1.76. The molecular weight excluding hydrogens is 164 g/mol. The fraction of sp³-hybridized carbons (Fsp3) is 0.273. The number of carbonyl (C=O) groups excluding carboxylic acids is 2. The summed E-state index contributed by atoms with van der Waals surface area (Å²) in [6.07, 6.45) is 3.54. The minimum absolute atomic E-state index is 0.336. The maximum atomic E-state index is 10.8. The second kappa shape index (κ2) is 2.80. The maximum Gasteiger partial charge on any atom is 0.150 e. The van der Waals surface area contributed by atoms with Gasteiger partial charge in [-0.3, -0.25) is 4.79 Å². The first-order chi connectivity index (χ1) is 6.32. The second-order valence-corrected chi connectivity index (χ2v) is 3.48. The third-order valence-electron chi connectivity index (χ3n) is 2.64. The van der Waals surface area contributed by atoms with Crippen LogP contribution in [0.4, 0.5) is 0 Å². The van der Waals surface area contributed by atoms with Crippen LogP contribution in [0.3, 0.4) is 0 Å². The first-order valence-electron chi connectivity index (χ1n) is 4.33. The molecule has 0 saturated heterocycles. The summed E-state index contributed by atoms with van der Waals surface area (Å²) < 4.78 is 0. The van der Waals surface area contributed by atoms with Gasteiger partial charge in [-0.15, -0.1) is 0 Å². The van der Waals surface area contributed by atoms with Crippen molar-refractivity contribution < 1.29 is 9.59 Å². The molecule has 0 N–H and O–H groups in total. The van der Waals surface area contributed by atoms with Crippen LogP contribution >= 0.6 is 0 Å². The molecule has 1 fully saturated rings. The van der Waals surface area contributed by atoms with Crippen LogP contribution in [0.25, 0.3) is 0 Å². The number of benzene rings is 1. The van der Waals surface area contributed by atoms with Crippen molar-refractivity contribution in [2.45, 2.75) is 18.3 Å². The standard InChI is InChI=1S/C11H10O2/c12-7-9-3-1-2-4-10(9)11(8-13)5-6-11/h1-4,7-8H,5-6H2. The van der Waals surface area contributed by atoms with E-state index in [0.717, 1.165) is 31.0 Å². The van der Waals surface area contributed by atoms with E-state index in [-0.39, 0.29) is 5.41 Å². The fourth-order valence-corrected chi connectivity index (χ4v) is 1.64. The van der Waals surface area contributed by atoms with E-state index in [1.807, 2.05) is 18.2 Å². The Labute approximate surface area is 76.6 Å². The Hall–Kier alpha value is -1.44. The van der Waals surface area contributed by atoms with Crippen LogP contribution in [0.5, 0.6) is 0 Å². The minimum Gasteiger partial charge on any atom is -0.302 e. The van der Waals surface area contributed by atoms with E-state index in [2.05, 4.69) is 0 Å². The van der Waals surface area contributed by atoms with Crippen molar-refractivity contribution in [1.29, 1.82) is 0 Å². The Morgan fingerprint density at radius 1 is 1.15 bits per heavy atom. The first kappa shape index (κ1) is 8.17. The lowest BCUT2D eigenvalue weighted by Gasteiger charge is -2.09. The topological polar surface area (TPSA) is 34.1 Å². The summed E-state index contributed by atoms with van der Waals surface area (Å²) in [6, 6.07) is 7.30. The van der Waals surface area contributed by atoms with E-state index < -0.39 is 0 Å². The number of rotatable bonds is 3. The third kappa shape index (κ3) is 1.18. The molecule has 0 heterocycles. The number of carbonyl (C=O) groups is 2. The average molecular weight is 174 g/mol. The van der Waals surface area contributed by atoms with Crippen LogP contribution in [0.15, 0.2) is 24.3 Å². The summed E-state index contributed by atoms with van der Waals surface area (Å²) in [5.74, 6) is 0. The number of hydrogen-bond donors (Lipinski definition) is 0. The summed E-state index contributed by atoms with van der Waals surface area (Å²) in [6.45, 7) is 0. The highest BCUT2D eigenvalue weighted by molar-refractivity contribution is 5.84. The van der Waals surface area contributed by atoms with Crippen molar-refractivity contribution >= 4 is 12.6 Å². The van der Waals surface area contributed by atoms with E-state index in [4.69, 9.17) is 0 Å². The lowest BCUT2D eigenvalue weighted by Crippen LogP contribution is -2.10. The monoisotopic (exact) mass is 174 g/mol. The lowest BCUT2D eigenvalue weighted by atomic mass is 9.93. The molecule has 2 nitrogen and oxygen atoms in total. The van der Waals surface area contributed by atoms with Gasteiger partial charge in [0.25, 0.3) is 0 Å². The molecule has 0 aliphatic heterocycles. The van der Waals surface area contributed by atoms with Gasteiger partial charge in [-0.1, -0.05) is 24.3 Å². The van der Waals surface area contributed by atoms with Crippen molar-refractivity contribution in [3.63, 3.8) is 0 Å². The average Bonchev–Trinajstić information content (AvgIpc) is 2.98. The molecule has 0 atom stereocenters. The van der Waals surface area contributed by atoms with Crippen molar-refractivity contribution in [2.24, 2.45) is 0 Å². The van der Waals surface area contributed by atoms with E-state index in [1.165, 1.54) is 0 Å². The molecule has 0 amide bonds. The molecule has 1 aliphatic carbocycles. The van der Waals surface area contributed by atoms with Gasteiger partial charge < -0.3 is 4.79 Å². The van der Waals surface area contributed by atoms with E-state index in [9.17, 15) is 9.59 Å². The quantitative estimate of drug-likeness (QED) is 0.654. The van der Waals surface area contributed by atoms with Crippen LogP contribution in [0, 0.1) is 0 Å². The van der Waals surface area contributed by atoms with Gasteiger partial charge in [0.05, 0.1) is 5.41 Å². The molecule has 0 radical (unpaired) electrons. The highest BCUT2D eigenvalue weighted by Crippen LogP contribution is 2.47. The molecule has 1 aliphatic rings. The predicted molar refractivity (Wildman–Crippen MR) is 48.8 cm³/mol. The zero-order chi connectivity index (χ0) is 9.31. The Balaban J connectivity index is 2.50. The predicted octanol–water partition coefficient (Wildman–Crippen LogP) is 1.73. The number of hydrogen-bond acceptors (Lipinski definition) is 2. The van der Waals surface area contributed by atoms with Gasteiger partial charge in [-0.25, -0.2) is 0 Å². The van der Waals surface area contributed by atoms with Crippen LogP contribution in [0.1, 0.15) is 28.8 Å². The van der Waals surface area contributed by atoms with E-state index >= 15 is 0 Å². The van der Waals surface area contributed by atoms with E-state index in [0.29, 0.717) is 5.56 Å². The molecule has 1 aromatic carbocycles. The molecule has 0 unspecified atom stereocenters. The summed E-state index contributed by atoms with van der Waals surface area (Å²) in [4.78, 5) is 21.5. The van der Waals surface area contributed by atoms with Gasteiger partial charge in [-0.2, -0.15) is 0 Å². The van der Waals surface area contributed by atoms with Gasteiger partial charge >= 0.3 is 0 Å². The van der Waals surface area contributed by atoms with Gasteiger partial charge in [0.2, 0.25) is 0 Å². The lowest BCUT2D eigenvalue weighted by molar-refractivity contribution is -0.109. The molecular formula is C11H10O2. The normalized spacial score (nSPS) is 17.8. The molecule has 13 heavy (non-hydrogen) atoms. The summed E-state index contributed by atoms with van der Waals surface area (Å²) >= 11 is 0. The largest absolute Gasteiger partial charge is 0.302 e. The fourth-order valence-electron chi connectivity index (χ4n) is 1.64. The first-order valence-corrected chi connectivity index (χ1v) is 4.33. The summed E-state index contributed by atoms with van der Waals surface area (Å²) in [7, 11) is 0.